The summed E-state index contributed by atoms with van der Waals surface area (Å²) in [5.74, 6) is 0.902. The van der Waals surface area contributed by atoms with Crippen LogP contribution in [0.4, 0.5) is 0 Å². The number of unbranched alkanes of at least 4 members (excludes halogenated alkanes) is 3. The van der Waals surface area contributed by atoms with Crippen molar-refractivity contribution in [2.24, 2.45) is 5.92 Å². The molecule has 0 nitrogen and oxygen atoms in total. The van der Waals surface area contributed by atoms with E-state index in [4.69, 9.17) is 0 Å². The summed E-state index contributed by atoms with van der Waals surface area (Å²) in [4.78, 5) is 0. The van der Waals surface area contributed by atoms with E-state index in [1.807, 2.05) is 0 Å². The zero-order valence-electron chi connectivity index (χ0n) is 7.08. The van der Waals surface area contributed by atoms with Crippen LogP contribution >= 0.6 is 31.9 Å². The molecule has 1 saturated carbocycles. The SMILES string of the molecule is CCCCCC[C@@H]1CC1(Br)Br. The van der Waals surface area contributed by atoms with Crippen molar-refractivity contribution in [2.75, 3.05) is 0 Å². The lowest BCUT2D eigenvalue weighted by Gasteiger charge is -1.99. The molecule has 2 heteroatoms. The van der Waals surface area contributed by atoms with Gasteiger partial charge in [-0.1, -0.05) is 64.5 Å². The summed E-state index contributed by atoms with van der Waals surface area (Å²) in [6, 6.07) is 0. The molecule has 0 aromatic heterocycles. The van der Waals surface area contributed by atoms with Gasteiger partial charge in [-0.25, -0.2) is 0 Å². The molecule has 0 aliphatic heterocycles. The van der Waals surface area contributed by atoms with E-state index in [0.717, 1.165) is 5.92 Å². The van der Waals surface area contributed by atoms with Crippen molar-refractivity contribution in [3.05, 3.63) is 0 Å². The van der Waals surface area contributed by atoms with Crippen LogP contribution in [0.1, 0.15) is 45.4 Å². The zero-order chi connectivity index (χ0) is 8.32. The third kappa shape index (κ3) is 3.45. The largest absolute Gasteiger partial charge is 0.0837 e. The Labute approximate surface area is 86.4 Å². The van der Waals surface area contributed by atoms with E-state index < -0.39 is 0 Å². The second-order valence-corrected chi connectivity index (χ2v) is 7.41. The molecule has 0 unspecified atom stereocenters. The number of alkyl halides is 2. The first-order valence-corrected chi connectivity index (χ1v) is 6.13. The second-order valence-electron chi connectivity index (χ2n) is 3.51. The molecule has 0 spiro atoms. The average molecular weight is 284 g/mol. The lowest BCUT2D eigenvalue weighted by atomic mass is 10.1. The standard InChI is InChI=1S/C9H16Br2/c1-2-3-4-5-6-8-7-9(8,10)11/h8H,2-7H2,1H3/t8-/m1/s1. The minimum Gasteiger partial charge on any atom is -0.0724 e. The van der Waals surface area contributed by atoms with Gasteiger partial charge in [-0.15, -0.1) is 0 Å². The molecular weight excluding hydrogens is 268 g/mol. The van der Waals surface area contributed by atoms with Gasteiger partial charge in [0, 0.05) is 0 Å². The summed E-state index contributed by atoms with van der Waals surface area (Å²) in [5.41, 5.74) is 0. The van der Waals surface area contributed by atoms with Gasteiger partial charge in [0.05, 0.1) is 3.23 Å². The topological polar surface area (TPSA) is 0 Å². The van der Waals surface area contributed by atoms with Gasteiger partial charge in [0.15, 0.2) is 0 Å². The van der Waals surface area contributed by atoms with Crippen LogP contribution in [0, 0.1) is 5.92 Å². The predicted octanol–water partition coefficient (Wildman–Crippen LogP) is 4.46. The van der Waals surface area contributed by atoms with Crippen LogP contribution in [0.25, 0.3) is 0 Å². The molecule has 0 heterocycles. The van der Waals surface area contributed by atoms with Crippen LogP contribution in [0.15, 0.2) is 0 Å². The first-order valence-electron chi connectivity index (χ1n) is 4.54. The van der Waals surface area contributed by atoms with Crippen LogP contribution in [-0.4, -0.2) is 3.23 Å². The van der Waals surface area contributed by atoms with Crippen LogP contribution in [0.2, 0.25) is 0 Å². The van der Waals surface area contributed by atoms with Gasteiger partial charge in [0.25, 0.3) is 0 Å². The van der Waals surface area contributed by atoms with Crippen molar-refractivity contribution in [2.45, 2.75) is 48.7 Å². The van der Waals surface area contributed by atoms with Gasteiger partial charge < -0.3 is 0 Å². The highest BCUT2D eigenvalue weighted by Crippen LogP contribution is 2.58. The summed E-state index contributed by atoms with van der Waals surface area (Å²) in [7, 11) is 0. The average Bonchev–Trinajstić information content (AvgIpc) is 2.52. The van der Waals surface area contributed by atoms with E-state index in [0.29, 0.717) is 3.23 Å². The van der Waals surface area contributed by atoms with Gasteiger partial charge in [-0.3, -0.25) is 0 Å². The Bertz CT molecular complexity index is 121. The number of hydrogen-bond acceptors (Lipinski definition) is 0. The summed E-state index contributed by atoms with van der Waals surface area (Å²) >= 11 is 7.28. The number of hydrogen-bond donors (Lipinski definition) is 0. The fourth-order valence-electron chi connectivity index (χ4n) is 1.40. The summed E-state index contributed by atoms with van der Waals surface area (Å²) in [6.07, 6.45) is 8.30. The molecule has 0 N–H and O–H groups in total. The number of rotatable bonds is 5. The molecule has 0 radical (unpaired) electrons. The van der Waals surface area contributed by atoms with E-state index >= 15 is 0 Å². The molecular formula is C9H16Br2. The van der Waals surface area contributed by atoms with E-state index in [2.05, 4.69) is 38.8 Å². The molecule has 66 valence electrons. The maximum absolute atomic E-state index is 3.64. The molecule has 0 aromatic carbocycles. The molecule has 0 amide bonds. The normalized spacial score (nSPS) is 27.0. The Hall–Kier alpha value is 0.960. The lowest BCUT2D eigenvalue weighted by Crippen LogP contribution is -1.88. The second kappa shape index (κ2) is 4.27. The molecule has 0 bridgehead atoms. The molecule has 0 saturated heterocycles. The monoisotopic (exact) mass is 282 g/mol. The van der Waals surface area contributed by atoms with E-state index in [1.54, 1.807) is 0 Å². The Kier molecular flexibility index (Phi) is 3.90. The molecule has 1 aliphatic rings. The third-order valence-electron chi connectivity index (χ3n) is 2.36. The van der Waals surface area contributed by atoms with Gasteiger partial charge in [0.2, 0.25) is 0 Å². The van der Waals surface area contributed by atoms with Gasteiger partial charge in [-0.2, -0.15) is 0 Å². The van der Waals surface area contributed by atoms with Crippen molar-refractivity contribution in [3.8, 4) is 0 Å². The van der Waals surface area contributed by atoms with Crippen molar-refractivity contribution in [1.29, 1.82) is 0 Å². The van der Waals surface area contributed by atoms with Gasteiger partial charge >= 0.3 is 0 Å². The molecule has 11 heavy (non-hydrogen) atoms. The smallest absolute Gasteiger partial charge is 0.0724 e. The predicted molar refractivity (Wildman–Crippen MR) is 57.5 cm³/mol. The maximum atomic E-state index is 3.64. The van der Waals surface area contributed by atoms with Crippen LogP contribution < -0.4 is 0 Å². The molecule has 0 aromatic rings. The molecule has 1 aliphatic carbocycles. The van der Waals surface area contributed by atoms with Crippen LogP contribution in [0.3, 0.4) is 0 Å². The molecule has 1 fully saturated rings. The van der Waals surface area contributed by atoms with Crippen LogP contribution in [-0.2, 0) is 0 Å². The minimum atomic E-state index is 0.339. The summed E-state index contributed by atoms with van der Waals surface area (Å²) in [6.45, 7) is 2.26. The Morgan fingerprint density at radius 2 is 1.91 bits per heavy atom. The zero-order valence-corrected chi connectivity index (χ0v) is 10.2. The van der Waals surface area contributed by atoms with Crippen molar-refractivity contribution >= 4 is 31.9 Å². The fraction of sp³-hybridized carbons (Fsp3) is 1.00. The summed E-state index contributed by atoms with van der Waals surface area (Å²) in [5, 5.41) is 0. The first-order chi connectivity index (χ1) is 5.17. The highest BCUT2D eigenvalue weighted by atomic mass is 79.9. The third-order valence-corrected chi connectivity index (χ3v) is 4.30. The van der Waals surface area contributed by atoms with Crippen molar-refractivity contribution in [3.63, 3.8) is 0 Å². The Morgan fingerprint density at radius 3 is 2.36 bits per heavy atom. The minimum absolute atomic E-state index is 0.339. The highest BCUT2D eigenvalue weighted by Gasteiger charge is 2.49. The van der Waals surface area contributed by atoms with Gasteiger partial charge in [-0.05, 0) is 18.8 Å². The fourth-order valence-corrected chi connectivity index (χ4v) is 2.64. The molecule has 1 atom stereocenters. The van der Waals surface area contributed by atoms with Gasteiger partial charge in [0.1, 0.15) is 0 Å². The van der Waals surface area contributed by atoms with E-state index in [1.165, 1.54) is 38.5 Å². The lowest BCUT2D eigenvalue weighted by molar-refractivity contribution is 0.597. The number of halogens is 2. The highest BCUT2D eigenvalue weighted by molar-refractivity contribution is 9.25. The van der Waals surface area contributed by atoms with E-state index in [-0.39, 0.29) is 0 Å². The Balaban J connectivity index is 1.90. The van der Waals surface area contributed by atoms with Crippen molar-refractivity contribution < 1.29 is 0 Å². The van der Waals surface area contributed by atoms with E-state index in [9.17, 15) is 0 Å². The quantitative estimate of drug-likeness (QED) is 0.516. The summed E-state index contributed by atoms with van der Waals surface area (Å²) < 4.78 is 0.339. The molecule has 1 rings (SSSR count). The maximum Gasteiger partial charge on any atom is 0.0837 e. The van der Waals surface area contributed by atoms with Crippen LogP contribution in [0.5, 0.6) is 0 Å². The Morgan fingerprint density at radius 1 is 1.27 bits per heavy atom. The first kappa shape index (κ1) is 10.0. The van der Waals surface area contributed by atoms with Crippen molar-refractivity contribution in [1.82, 2.24) is 0 Å².